The SMILES string of the molecule is Cn1nnc2cc(CN3CCNCC3)ccc21. The quantitative estimate of drug-likeness (QED) is 0.811. The molecule has 1 aliphatic rings. The molecule has 3 rings (SSSR count). The van der Waals surface area contributed by atoms with Crippen LogP contribution in [0.2, 0.25) is 0 Å². The molecule has 90 valence electrons. The number of benzene rings is 1. The summed E-state index contributed by atoms with van der Waals surface area (Å²) in [5.74, 6) is 0. The smallest absolute Gasteiger partial charge is 0.113 e. The van der Waals surface area contributed by atoms with Crippen LogP contribution in [0.25, 0.3) is 11.0 Å². The zero-order chi connectivity index (χ0) is 11.7. The molecule has 17 heavy (non-hydrogen) atoms. The van der Waals surface area contributed by atoms with E-state index in [0.717, 1.165) is 43.8 Å². The molecule has 1 N–H and O–H groups in total. The molecule has 2 aromatic rings. The van der Waals surface area contributed by atoms with Crippen LogP contribution in [0.15, 0.2) is 18.2 Å². The number of rotatable bonds is 2. The van der Waals surface area contributed by atoms with Gasteiger partial charge in [0.25, 0.3) is 0 Å². The fourth-order valence-electron chi connectivity index (χ4n) is 2.31. The highest BCUT2D eigenvalue weighted by molar-refractivity contribution is 5.74. The largest absolute Gasteiger partial charge is 0.314 e. The van der Waals surface area contributed by atoms with E-state index in [1.807, 2.05) is 11.7 Å². The van der Waals surface area contributed by atoms with E-state index in [1.54, 1.807) is 0 Å². The Hall–Kier alpha value is -1.46. The molecule has 1 aromatic carbocycles. The first-order valence-electron chi connectivity index (χ1n) is 6.04. The first-order chi connectivity index (χ1) is 8.33. The second-order valence-electron chi connectivity index (χ2n) is 4.56. The third-order valence-electron chi connectivity index (χ3n) is 3.29. The lowest BCUT2D eigenvalue weighted by atomic mass is 10.2. The van der Waals surface area contributed by atoms with Gasteiger partial charge in [0, 0.05) is 39.8 Å². The van der Waals surface area contributed by atoms with Crippen molar-refractivity contribution < 1.29 is 0 Å². The maximum absolute atomic E-state index is 4.15. The van der Waals surface area contributed by atoms with Gasteiger partial charge in [-0.15, -0.1) is 5.10 Å². The monoisotopic (exact) mass is 231 g/mol. The van der Waals surface area contributed by atoms with Crippen LogP contribution < -0.4 is 5.32 Å². The molecule has 2 heterocycles. The van der Waals surface area contributed by atoms with Crippen molar-refractivity contribution in [3.63, 3.8) is 0 Å². The van der Waals surface area contributed by atoms with E-state index in [-0.39, 0.29) is 0 Å². The van der Waals surface area contributed by atoms with E-state index in [1.165, 1.54) is 5.56 Å². The van der Waals surface area contributed by atoms with Crippen LogP contribution in [-0.2, 0) is 13.6 Å². The summed E-state index contributed by atoms with van der Waals surface area (Å²) in [6.07, 6.45) is 0. The Labute approximate surface area is 100 Å². The lowest BCUT2D eigenvalue weighted by Crippen LogP contribution is -2.42. The van der Waals surface area contributed by atoms with Crippen molar-refractivity contribution in [2.45, 2.75) is 6.54 Å². The summed E-state index contributed by atoms with van der Waals surface area (Å²) in [6.45, 7) is 5.44. The van der Waals surface area contributed by atoms with Crippen molar-refractivity contribution in [3.8, 4) is 0 Å². The molecule has 0 atom stereocenters. The maximum atomic E-state index is 4.15. The molecule has 0 spiro atoms. The highest BCUT2D eigenvalue weighted by Gasteiger charge is 2.10. The van der Waals surface area contributed by atoms with Gasteiger partial charge in [0.15, 0.2) is 0 Å². The molecule has 0 bridgehead atoms. The average molecular weight is 231 g/mol. The van der Waals surface area contributed by atoms with Crippen molar-refractivity contribution in [2.75, 3.05) is 26.2 Å². The van der Waals surface area contributed by atoms with Crippen LogP contribution >= 0.6 is 0 Å². The number of hydrogen-bond acceptors (Lipinski definition) is 4. The normalized spacial score (nSPS) is 17.7. The summed E-state index contributed by atoms with van der Waals surface area (Å²) in [6, 6.07) is 6.42. The van der Waals surface area contributed by atoms with Crippen molar-refractivity contribution in [3.05, 3.63) is 23.8 Å². The van der Waals surface area contributed by atoms with Crippen LogP contribution in [0.5, 0.6) is 0 Å². The number of fused-ring (bicyclic) bond motifs is 1. The Balaban J connectivity index is 1.80. The molecule has 5 heteroatoms. The van der Waals surface area contributed by atoms with E-state index in [2.05, 4.69) is 38.7 Å². The highest BCUT2D eigenvalue weighted by atomic mass is 15.4. The van der Waals surface area contributed by atoms with Crippen molar-refractivity contribution in [1.82, 2.24) is 25.2 Å². The maximum Gasteiger partial charge on any atom is 0.113 e. The molecule has 1 aromatic heterocycles. The number of piperazine rings is 1. The van der Waals surface area contributed by atoms with Crippen LogP contribution in [0.3, 0.4) is 0 Å². The van der Waals surface area contributed by atoms with Crippen molar-refractivity contribution in [1.29, 1.82) is 0 Å². The standard InChI is InChI=1S/C12H17N5/c1-16-12-3-2-10(8-11(12)14-15-16)9-17-6-4-13-5-7-17/h2-3,8,13H,4-7,9H2,1H3. The van der Waals surface area contributed by atoms with Crippen molar-refractivity contribution >= 4 is 11.0 Å². The summed E-state index contributed by atoms with van der Waals surface area (Å²) in [5, 5.41) is 11.5. The van der Waals surface area contributed by atoms with Gasteiger partial charge in [-0.25, -0.2) is 4.68 Å². The van der Waals surface area contributed by atoms with E-state index in [0.29, 0.717) is 0 Å². The lowest BCUT2D eigenvalue weighted by molar-refractivity contribution is 0.233. The molecular weight excluding hydrogens is 214 g/mol. The Kier molecular flexibility index (Phi) is 2.78. The van der Waals surface area contributed by atoms with Gasteiger partial charge in [-0.2, -0.15) is 0 Å². The lowest BCUT2D eigenvalue weighted by Gasteiger charge is -2.27. The summed E-state index contributed by atoms with van der Waals surface area (Å²) >= 11 is 0. The fraction of sp³-hybridized carbons (Fsp3) is 0.500. The Morgan fingerprint density at radius 1 is 1.29 bits per heavy atom. The molecule has 0 radical (unpaired) electrons. The number of hydrogen-bond donors (Lipinski definition) is 1. The van der Waals surface area contributed by atoms with Crippen LogP contribution in [0.1, 0.15) is 5.56 Å². The molecule has 0 aliphatic carbocycles. The molecule has 0 amide bonds. The molecule has 0 unspecified atom stereocenters. The van der Waals surface area contributed by atoms with E-state index >= 15 is 0 Å². The zero-order valence-corrected chi connectivity index (χ0v) is 10.1. The highest BCUT2D eigenvalue weighted by Crippen LogP contribution is 2.14. The number of nitrogens with zero attached hydrogens (tertiary/aromatic N) is 4. The van der Waals surface area contributed by atoms with Gasteiger partial charge in [0.2, 0.25) is 0 Å². The van der Waals surface area contributed by atoms with E-state index in [4.69, 9.17) is 0 Å². The minimum absolute atomic E-state index is 0.986. The minimum atomic E-state index is 0.986. The van der Waals surface area contributed by atoms with Gasteiger partial charge >= 0.3 is 0 Å². The first kappa shape index (κ1) is 10.7. The summed E-state index contributed by atoms with van der Waals surface area (Å²) in [7, 11) is 1.92. The van der Waals surface area contributed by atoms with Crippen LogP contribution in [0, 0.1) is 0 Å². The fourth-order valence-corrected chi connectivity index (χ4v) is 2.31. The third-order valence-corrected chi connectivity index (χ3v) is 3.29. The Morgan fingerprint density at radius 3 is 2.94 bits per heavy atom. The second kappa shape index (κ2) is 4.43. The number of nitrogens with one attached hydrogen (secondary N) is 1. The molecule has 5 nitrogen and oxygen atoms in total. The molecule has 1 saturated heterocycles. The predicted octanol–water partition coefficient (Wildman–Crippen LogP) is 0.374. The van der Waals surface area contributed by atoms with Gasteiger partial charge in [-0.05, 0) is 17.7 Å². The first-order valence-corrected chi connectivity index (χ1v) is 6.04. The Bertz CT molecular complexity index is 513. The third kappa shape index (κ3) is 2.16. The van der Waals surface area contributed by atoms with Gasteiger partial charge in [0.1, 0.15) is 5.52 Å². The van der Waals surface area contributed by atoms with Gasteiger partial charge < -0.3 is 5.32 Å². The van der Waals surface area contributed by atoms with E-state index in [9.17, 15) is 0 Å². The number of aromatic nitrogens is 3. The summed E-state index contributed by atoms with van der Waals surface area (Å²) < 4.78 is 1.81. The van der Waals surface area contributed by atoms with Crippen LogP contribution in [0.4, 0.5) is 0 Å². The van der Waals surface area contributed by atoms with Gasteiger partial charge in [-0.1, -0.05) is 11.3 Å². The molecular formula is C12H17N5. The molecule has 0 saturated carbocycles. The van der Waals surface area contributed by atoms with Crippen molar-refractivity contribution in [2.24, 2.45) is 7.05 Å². The topological polar surface area (TPSA) is 46.0 Å². The van der Waals surface area contributed by atoms with Gasteiger partial charge in [-0.3, -0.25) is 4.90 Å². The predicted molar refractivity (Wildman–Crippen MR) is 66.7 cm³/mol. The van der Waals surface area contributed by atoms with Crippen LogP contribution in [-0.4, -0.2) is 46.1 Å². The van der Waals surface area contributed by atoms with E-state index < -0.39 is 0 Å². The molecule has 1 fully saturated rings. The minimum Gasteiger partial charge on any atom is -0.314 e. The average Bonchev–Trinajstić information content (AvgIpc) is 2.72. The molecule has 1 aliphatic heterocycles. The summed E-state index contributed by atoms with van der Waals surface area (Å²) in [5.41, 5.74) is 3.40. The number of aryl methyl sites for hydroxylation is 1. The zero-order valence-electron chi connectivity index (χ0n) is 10.1. The second-order valence-corrected chi connectivity index (χ2v) is 4.56. The summed E-state index contributed by atoms with van der Waals surface area (Å²) in [4.78, 5) is 2.47. The Morgan fingerprint density at radius 2 is 2.12 bits per heavy atom. The van der Waals surface area contributed by atoms with Gasteiger partial charge in [0.05, 0.1) is 5.52 Å².